The summed E-state index contributed by atoms with van der Waals surface area (Å²) in [5.41, 5.74) is 1.54. The van der Waals surface area contributed by atoms with Crippen molar-refractivity contribution in [2.24, 2.45) is 0 Å². The molecule has 1 rings (SSSR count). The Kier molecular flexibility index (Phi) is 5.82. The van der Waals surface area contributed by atoms with Gasteiger partial charge in [-0.05, 0) is 24.5 Å². The van der Waals surface area contributed by atoms with Gasteiger partial charge in [-0.1, -0.05) is 25.1 Å². The van der Waals surface area contributed by atoms with E-state index in [4.69, 9.17) is 0 Å². The lowest BCUT2D eigenvalue weighted by Crippen LogP contribution is -2.18. The van der Waals surface area contributed by atoms with Crippen LogP contribution in [0.2, 0.25) is 0 Å². The fourth-order valence-electron chi connectivity index (χ4n) is 1.66. The van der Waals surface area contributed by atoms with Crippen molar-refractivity contribution in [1.82, 2.24) is 0 Å². The van der Waals surface area contributed by atoms with Crippen molar-refractivity contribution in [3.8, 4) is 0 Å². The summed E-state index contributed by atoms with van der Waals surface area (Å²) in [5.74, 6) is -0.496. The number of carbonyl (C=O) groups is 1. The van der Waals surface area contributed by atoms with Crippen LogP contribution in [0.5, 0.6) is 0 Å². The van der Waals surface area contributed by atoms with Crippen LogP contribution in [0.15, 0.2) is 24.3 Å². The predicted octanol–water partition coefficient (Wildman–Crippen LogP) is 1.94. The Morgan fingerprint density at radius 1 is 1.32 bits per heavy atom. The van der Waals surface area contributed by atoms with Gasteiger partial charge in [-0.15, -0.1) is 0 Å². The maximum atomic E-state index is 11.9. The summed E-state index contributed by atoms with van der Waals surface area (Å²) < 4.78 is 30.8. The number of aryl methyl sites for hydroxylation is 1. The van der Waals surface area contributed by atoms with Crippen LogP contribution >= 0.6 is 0 Å². The topological polar surface area (TPSA) is 72.5 Å². The van der Waals surface area contributed by atoms with E-state index in [0.29, 0.717) is 5.69 Å². The molecule has 0 aliphatic heterocycles. The molecule has 0 aliphatic carbocycles. The number of sulfonamides is 1. The van der Waals surface area contributed by atoms with E-state index in [1.807, 2.05) is 19.1 Å². The highest BCUT2D eigenvalue weighted by atomic mass is 32.2. The largest absolute Gasteiger partial charge is 0.469 e. The summed E-state index contributed by atoms with van der Waals surface area (Å²) in [5, 5.41) is 0. The van der Waals surface area contributed by atoms with Crippen LogP contribution in [0.1, 0.15) is 25.3 Å². The first-order chi connectivity index (χ1) is 8.98. The molecular formula is C13H19NO4S. The molecule has 0 heterocycles. The van der Waals surface area contributed by atoms with Crippen LogP contribution in [-0.2, 0) is 26.0 Å². The first-order valence-corrected chi connectivity index (χ1v) is 7.79. The zero-order valence-corrected chi connectivity index (χ0v) is 12.0. The minimum absolute atomic E-state index is 0.0971. The fourth-order valence-corrected chi connectivity index (χ4v) is 2.82. The number of rotatable bonds is 7. The quantitative estimate of drug-likeness (QED) is 0.777. The Morgan fingerprint density at radius 3 is 2.63 bits per heavy atom. The van der Waals surface area contributed by atoms with Crippen LogP contribution in [0.3, 0.4) is 0 Å². The SMILES string of the molecule is CCc1ccccc1NS(=O)(=O)CCCC(=O)OC. The first kappa shape index (κ1) is 15.5. The third-order valence-corrected chi connectivity index (χ3v) is 4.04. The van der Waals surface area contributed by atoms with E-state index in [0.717, 1.165) is 12.0 Å². The molecule has 0 radical (unpaired) electrons. The average molecular weight is 285 g/mol. The summed E-state index contributed by atoms with van der Waals surface area (Å²) >= 11 is 0. The number of benzene rings is 1. The Labute approximate surface area is 114 Å². The number of para-hydroxylation sites is 1. The Bertz CT molecular complexity index is 525. The van der Waals surface area contributed by atoms with E-state index in [2.05, 4.69) is 9.46 Å². The second-order valence-electron chi connectivity index (χ2n) is 4.11. The van der Waals surface area contributed by atoms with E-state index in [-0.39, 0.29) is 18.6 Å². The summed E-state index contributed by atoms with van der Waals surface area (Å²) in [6.45, 7) is 1.96. The van der Waals surface area contributed by atoms with Gasteiger partial charge in [-0.25, -0.2) is 8.42 Å². The molecule has 106 valence electrons. The van der Waals surface area contributed by atoms with Crippen molar-refractivity contribution < 1.29 is 17.9 Å². The van der Waals surface area contributed by atoms with Gasteiger partial charge < -0.3 is 4.74 Å². The molecule has 0 saturated carbocycles. The Hall–Kier alpha value is -1.56. The standard InChI is InChI=1S/C13H19NO4S/c1-3-11-7-4-5-8-12(11)14-19(16,17)10-6-9-13(15)18-2/h4-5,7-8,14H,3,6,9-10H2,1-2H3. The number of anilines is 1. The molecule has 0 aliphatic rings. The molecule has 0 unspecified atom stereocenters. The van der Waals surface area contributed by atoms with E-state index >= 15 is 0 Å². The van der Waals surface area contributed by atoms with Gasteiger partial charge in [-0.2, -0.15) is 0 Å². The molecule has 5 nitrogen and oxygen atoms in total. The van der Waals surface area contributed by atoms with Gasteiger partial charge in [-0.3, -0.25) is 9.52 Å². The van der Waals surface area contributed by atoms with Gasteiger partial charge in [0.2, 0.25) is 10.0 Å². The van der Waals surface area contributed by atoms with Gasteiger partial charge in [0.15, 0.2) is 0 Å². The third kappa shape index (κ3) is 5.30. The van der Waals surface area contributed by atoms with Gasteiger partial charge in [0.05, 0.1) is 18.6 Å². The second kappa shape index (κ2) is 7.13. The van der Waals surface area contributed by atoms with Crippen LogP contribution < -0.4 is 4.72 Å². The second-order valence-corrected chi connectivity index (χ2v) is 5.95. The van der Waals surface area contributed by atoms with Crippen LogP contribution in [-0.4, -0.2) is 27.2 Å². The predicted molar refractivity (Wildman–Crippen MR) is 74.5 cm³/mol. The number of hydrogen-bond acceptors (Lipinski definition) is 4. The Morgan fingerprint density at radius 2 is 2.00 bits per heavy atom. The van der Waals surface area contributed by atoms with Crippen LogP contribution in [0.4, 0.5) is 5.69 Å². The molecule has 6 heteroatoms. The van der Waals surface area contributed by atoms with E-state index in [1.54, 1.807) is 12.1 Å². The van der Waals surface area contributed by atoms with E-state index < -0.39 is 16.0 Å². The smallest absolute Gasteiger partial charge is 0.305 e. The minimum atomic E-state index is -3.43. The molecule has 1 aromatic rings. The van der Waals surface area contributed by atoms with Gasteiger partial charge in [0, 0.05) is 6.42 Å². The van der Waals surface area contributed by atoms with Gasteiger partial charge in [0.25, 0.3) is 0 Å². The lowest BCUT2D eigenvalue weighted by Gasteiger charge is -2.11. The average Bonchev–Trinajstić information content (AvgIpc) is 2.38. The highest BCUT2D eigenvalue weighted by molar-refractivity contribution is 7.92. The van der Waals surface area contributed by atoms with Crippen molar-refractivity contribution in [1.29, 1.82) is 0 Å². The molecule has 0 bridgehead atoms. The molecule has 1 aromatic carbocycles. The molecule has 0 aromatic heterocycles. The van der Waals surface area contributed by atoms with Gasteiger partial charge >= 0.3 is 5.97 Å². The summed E-state index contributed by atoms with van der Waals surface area (Å²) in [4.78, 5) is 10.9. The van der Waals surface area contributed by atoms with Crippen molar-refractivity contribution in [3.05, 3.63) is 29.8 Å². The zero-order chi connectivity index (χ0) is 14.3. The first-order valence-electron chi connectivity index (χ1n) is 6.13. The number of carbonyl (C=O) groups excluding carboxylic acids is 1. The molecular weight excluding hydrogens is 266 g/mol. The lowest BCUT2D eigenvalue weighted by atomic mass is 10.1. The minimum Gasteiger partial charge on any atom is -0.469 e. The van der Waals surface area contributed by atoms with Crippen LogP contribution in [0, 0.1) is 0 Å². The summed E-state index contributed by atoms with van der Waals surface area (Å²) in [7, 11) is -2.14. The molecule has 0 spiro atoms. The van der Waals surface area contributed by atoms with E-state index in [9.17, 15) is 13.2 Å². The normalized spacial score (nSPS) is 11.1. The van der Waals surface area contributed by atoms with Crippen LogP contribution in [0.25, 0.3) is 0 Å². The maximum absolute atomic E-state index is 11.9. The van der Waals surface area contributed by atoms with Gasteiger partial charge in [0.1, 0.15) is 0 Å². The third-order valence-electron chi connectivity index (χ3n) is 2.69. The van der Waals surface area contributed by atoms with Crippen molar-refractivity contribution >= 4 is 21.7 Å². The molecule has 0 amide bonds. The molecule has 0 fully saturated rings. The lowest BCUT2D eigenvalue weighted by molar-refractivity contribution is -0.140. The number of hydrogen-bond donors (Lipinski definition) is 1. The summed E-state index contributed by atoms with van der Waals surface area (Å²) in [6.07, 6.45) is 1.10. The van der Waals surface area contributed by atoms with Crippen molar-refractivity contribution in [2.45, 2.75) is 26.2 Å². The number of ether oxygens (including phenoxy) is 1. The fraction of sp³-hybridized carbons (Fsp3) is 0.462. The highest BCUT2D eigenvalue weighted by Gasteiger charge is 2.13. The number of esters is 1. The molecule has 0 saturated heterocycles. The monoisotopic (exact) mass is 285 g/mol. The highest BCUT2D eigenvalue weighted by Crippen LogP contribution is 2.17. The maximum Gasteiger partial charge on any atom is 0.305 e. The zero-order valence-electron chi connectivity index (χ0n) is 11.2. The summed E-state index contributed by atoms with van der Waals surface area (Å²) in [6, 6.07) is 7.27. The van der Waals surface area contributed by atoms with Crippen molar-refractivity contribution in [2.75, 3.05) is 17.6 Å². The van der Waals surface area contributed by atoms with E-state index in [1.165, 1.54) is 7.11 Å². The number of methoxy groups -OCH3 is 1. The molecule has 19 heavy (non-hydrogen) atoms. The molecule has 1 N–H and O–H groups in total. The molecule has 0 atom stereocenters. The van der Waals surface area contributed by atoms with Crippen molar-refractivity contribution in [3.63, 3.8) is 0 Å². The number of nitrogens with one attached hydrogen (secondary N) is 1. The Balaban J connectivity index is 2.61.